The van der Waals surface area contributed by atoms with Crippen molar-refractivity contribution in [2.75, 3.05) is 31.2 Å². The Labute approximate surface area is 168 Å². The van der Waals surface area contributed by atoms with E-state index in [-0.39, 0.29) is 17.7 Å². The van der Waals surface area contributed by atoms with Crippen LogP contribution in [0.1, 0.15) is 57.8 Å². The molecule has 1 N–H and O–H groups in total. The van der Waals surface area contributed by atoms with E-state index in [1.807, 2.05) is 12.3 Å². The molecule has 0 radical (unpaired) electrons. The molecule has 4 rings (SSSR count). The first-order valence-electron chi connectivity index (χ1n) is 9.66. The number of nitrogens with one attached hydrogen (secondary N) is 1. The Balaban J connectivity index is 1.37. The molecule has 0 aliphatic carbocycles. The Morgan fingerprint density at radius 2 is 2.11 bits per heavy atom. The molecule has 0 saturated carbocycles. The lowest BCUT2D eigenvalue weighted by molar-refractivity contribution is 0.0845. The van der Waals surface area contributed by atoms with Gasteiger partial charge in [-0.25, -0.2) is 9.97 Å². The van der Waals surface area contributed by atoms with Gasteiger partial charge in [0.2, 0.25) is 5.95 Å². The van der Waals surface area contributed by atoms with Gasteiger partial charge in [-0.2, -0.15) is 0 Å². The van der Waals surface area contributed by atoms with E-state index in [0.29, 0.717) is 22.9 Å². The van der Waals surface area contributed by atoms with Crippen LogP contribution in [0.25, 0.3) is 0 Å². The number of Topliss-reactive ketones (excluding diaryl/α,β-unsaturated/α-hetero) is 1. The quantitative estimate of drug-likeness (QED) is 0.777. The van der Waals surface area contributed by atoms with Crippen LogP contribution >= 0.6 is 11.3 Å². The van der Waals surface area contributed by atoms with Crippen LogP contribution in [0.5, 0.6) is 0 Å². The third-order valence-electron chi connectivity index (χ3n) is 5.32. The number of carbonyl (C=O) groups excluding carboxylic acids is 2. The first kappa shape index (κ1) is 19.0. The van der Waals surface area contributed by atoms with E-state index in [4.69, 9.17) is 9.72 Å². The van der Waals surface area contributed by atoms with Crippen LogP contribution in [0, 0.1) is 0 Å². The lowest BCUT2D eigenvalue weighted by atomic mass is 9.96. The summed E-state index contributed by atoms with van der Waals surface area (Å²) in [5.41, 5.74) is 1.63. The highest BCUT2D eigenvalue weighted by Gasteiger charge is 2.27. The summed E-state index contributed by atoms with van der Waals surface area (Å²) in [5, 5.41) is 4.80. The maximum absolute atomic E-state index is 12.5. The van der Waals surface area contributed by atoms with Crippen molar-refractivity contribution in [3.63, 3.8) is 0 Å². The SMILES string of the molecule is CC(=O)c1cc(C(=O)NC2CCN(c3nccc(C4CCOCC4)n3)C2)cs1. The highest BCUT2D eigenvalue weighted by Crippen LogP contribution is 2.27. The number of anilines is 1. The van der Waals surface area contributed by atoms with Crippen LogP contribution in [-0.2, 0) is 4.74 Å². The number of hydrogen-bond donors (Lipinski definition) is 1. The molecule has 0 spiro atoms. The lowest BCUT2D eigenvalue weighted by Gasteiger charge is -2.23. The number of amides is 1. The molecule has 1 atom stereocenters. The average Bonchev–Trinajstić information content (AvgIpc) is 3.39. The van der Waals surface area contributed by atoms with Crippen molar-refractivity contribution in [2.24, 2.45) is 0 Å². The molecular formula is C20H24N4O3S. The second-order valence-corrected chi connectivity index (χ2v) is 8.24. The fraction of sp³-hybridized carbons (Fsp3) is 0.500. The molecule has 2 aromatic heterocycles. The van der Waals surface area contributed by atoms with E-state index in [2.05, 4.69) is 15.2 Å². The zero-order valence-electron chi connectivity index (χ0n) is 15.9. The molecule has 0 bridgehead atoms. The summed E-state index contributed by atoms with van der Waals surface area (Å²) in [5.74, 6) is 1.02. The van der Waals surface area contributed by atoms with Gasteiger partial charge >= 0.3 is 0 Å². The molecule has 2 aromatic rings. The van der Waals surface area contributed by atoms with Gasteiger partial charge in [0.05, 0.1) is 10.4 Å². The summed E-state index contributed by atoms with van der Waals surface area (Å²) in [6.07, 6.45) is 4.67. The van der Waals surface area contributed by atoms with Gasteiger partial charge in [-0.3, -0.25) is 9.59 Å². The van der Waals surface area contributed by atoms with Gasteiger partial charge in [0.25, 0.3) is 5.91 Å². The molecule has 8 heteroatoms. The largest absolute Gasteiger partial charge is 0.381 e. The number of carbonyl (C=O) groups is 2. The summed E-state index contributed by atoms with van der Waals surface area (Å²) >= 11 is 1.31. The fourth-order valence-corrected chi connectivity index (χ4v) is 4.49. The summed E-state index contributed by atoms with van der Waals surface area (Å²) < 4.78 is 5.44. The number of ether oxygens (including phenoxy) is 1. The van der Waals surface area contributed by atoms with Crippen molar-refractivity contribution in [3.05, 3.63) is 39.8 Å². The maximum atomic E-state index is 12.5. The van der Waals surface area contributed by atoms with Crippen molar-refractivity contribution in [1.82, 2.24) is 15.3 Å². The van der Waals surface area contributed by atoms with E-state index in [9.17, 15) is 9.59 Å². The van der Waals surface area contributed by atoms with Gasteiger partial charge in [-0.05, 0) is 38.3 Å². The van der Waals surface area contributed by atoms with E-state index < -0.39 is 0 Å². The van der Waals surface area contributed by atoms with Gasteiger partial charge in [-0.1, -0.05) is 0 Å². The molecule has 2 aliphatic heterocycles. The molecular weight excluding hydrogens is 376 g/mol. The van der Waals surface area contributed by atoms with E-state index >= 15 is 0 Å². The van der Waals surface area contributed by atoms with Crippen LogP contribution in [0.2, 0.25) is 0 Å². The average molecular weight is 401 g/mol. The highest BCUT2D eigenvalue weighted by atomic mass is 32.1. The van der Waals surface area contributed by atoms with Crippen LogP contribution in [-0.4, -0.2) is 54.0 Å². The summed E-state index contributed by atoms with van der Waals surface area (Å²) in [4.78, 5) is 35.8. The molecule has 0 aromatic carbocycles. The predicted octanol–water partition coefficient (Wildman–Crippen LogP) is 2.64. The fourth-order valence-electron chi connectivity index (χ4n) is 3.70. The van der Waals surface area contributed by atoms with Gasteiger partial charge in [-0.15, -0.1) is 11.3 Å². The number of hydrogen-bond acceptors (Lipinski definition) is 7. The van der Waals surface area contributed by atoms with Crippen molar-refractivity contribution in [3.8, 4) is 0 Å². The number of aromatic nitrogens is 2. The Bertz CT molecular complexity index is 863. The Morgan fingerprint density at radius 1 is 1.29 bits per heavy atom. The van der Waals surface area contributed by atoms with Crippen LogP contribution < -0.4 is 10.2 Å². The minimum atomic E-state index is -0.132. The summed E-state index contributed by atoms with van der Waals surface area (Å²) in [7, 11) is 0. The smallest absolute Gasteiger partial charge is 0.252 e. The molecule has 2 fully saturated rings. The van der Waals surface area contributed by atoms with Gasteiger partial charge < -0.3 is 15.0 Å². The Hall–Kier alpha value is -2.32. The van der Waals surface area contributed by atoms with Crippen LogP contribution in [0.15, 0.2) is 23.7 Å². The summed E-state index contributed by atoms with van der Waals surface area (Å²) in [6, 6.07) is 3.71. The molecule has 148 valence electrons. The molecule has 1 amide bonds. The Morgan fingerprint density at radius 3 is 2.86 bits per heavy atom. The van der Waals surface area contributed by atoms with Crippen LogP contribution in [0.3, 0.4) is 0 Å². The highest BCUT2D eigenvalue weighted by molar-refractivity contribution is 7.12. The van der Waals surface area contributed by atoms with Crippen molar-refractivity contribution in [2.45, 2.75) is 38.1 Å². The zero-order valence-corrected chi connectivity index (χ0v) is 16.7. The van der Waals surface area contributed by atoms with E-state index in [1.54, 1.807) is 11.4 Å². The molecule has 1 unspecified atom stereocenters. The zero-order chi connectivity index (χ0) is 19.5. The number of ketones is 1. The molecule has 28 heavy (non-hydrogen) atoms. The monoisotopic (exact) mass is 400 g/mol. The number of nitrogens with zero attached hydrogens (tertiary/aromatic N) is 3. The normalized spacial score (nSPS) is 20.3. The van der Waals surface area contributed by atoms with Crippen molar-refractivity contribution < 1.29 is 14.3 Å². The van der Waals surface area contributed by atoms with E-state index in [1.165, 1.54) is 18.3 Å². The molecule has 2 saturated heterocycles. The Kier molecular flexibility index (Phi) is 5.68. The number of thiophene rings is 1. The second-order valence-electron chi connectivity index (χ2n) is 7.33. The molecule has 4 heterocycles. The molecule has 2 aliphatic rings. The maximum Gasteiger partial charge on any atom is 0.252 e. The molecule has 7 nitrogen and oxygen atoms in total. The van der Waals surface area contributed by atoms with Gasteiger partial charge in [0.1, 0.15) is 0 Å². The third kappa shape index (κ3) is 4.23. The van der Waals surface area contributed by atoms with Gasteiger partial charge in [0, 0.05) is 55.5 Å². The van der Waals surface area contributed by atoms with Crippen molar-refractivity contribution >= 4 is 29.0 Å². The minimum Gasteiger partial charge on any atom is -0.381 e. The topological polar surface area (TPSA) is 84.4 Å². The number of rotatable bonds is 5. The third-order valence-corrected chi connectivity index (χ3v) is 6.35. The van der Waals surface area contributed by atoms with Crippen molar-refractivity contribution in [1.29, 1.82) is 0 Å². The lowest BCUT2D eigenvalue weighted by Crippen LogP contribution is -2.37. The van der Waals surface area contributed by atoms with E-state index in [0.717, 1.165) is 50.7 Å². The minimum absolute atomic E-state index is 0.0161. The second kappa shape index (κ2) is 8.36. The summed E-state index contributed by atoms with van der Waals surface area (Å²) in [6.45, 7) is 4.58. The first-order valence-corrected chi connectivity index (χ1v) is 10.5. The first-order chi connectivity index (χ1) is 13.6. The van der Waals surface area contributed by atoms with Crippen LogP contribution in [0.4, 0.5) is 5.95 Å². The standard InChI is InChI=1S/C20H24N4O3S/c1-13(25)18-10-15(12-28-18)19(26)22-16-3-7-24(11-16)20-21-6-2-17(23-20)14-4-8-27-9-5-14/h2,6,10,12,14,16H,3-5,7-9,11H2,1H3,(H,22,26). The predicted molar refractivity (Wildman–Crippen MR) is 107 cm³/mol. The van der Waals surface area contributed by atoms with Gasteiger partial charge in [0.15, 0.2) is 5.78 Å².